The molecular formula is C27H33N3O4. The number of hydrogen-bond donors (Lipinski definition) is 0. The fourth-order valence-electron chi connectivity index (χ4n) is 4.77. The van der Waals surface area contributed by atoms with Crippen molar-refractivity contribution in [2.45, 2.75) is 39.2 Å². The number of benzene rings is 2. The molecule has 2 heterocycles. The minimum Gasteiger partial charge on any atom is -0.496 e. The average molecular weight is 464 g/mol. The van der Waals surface area contributed by atoms with Crippen molar-refractivity contribution < 1.29 is 19.1 Å². The molecule has 0 saturated carbocycles. The molecule has 2 aliphatic heterocycles. The van der Waals surface area contributed by atoms with E-state index >= 15 is 0 Å². The van der Waals surface area contributed by atoms with Gasteiger partial charge in [0.2, 0.25) is 0 Å². The molecule has 2 aromatic carbocycles. The molecule has 4 rings (SSSR count). The molecule has 0 radical (unpaired) electrons. The van der Waals surface area contributed by atoms with E-state index in [9.17, 15) is 9.59 Å². The van der Waals surface area contributed by atoms with Crippen LogP contribution in [0.2, 0.25) is 0 Å². The van der Waals surface area contributed by atoms with Crippen molar-refractivity contribution in [3.8, 4) is 5.75 Å². The summed E-state index contributed by atoms with van der Waals surface area (Å²) >= 11 is 0. The van der Waals surface area contributed by atoms with Gasteiger partial charge in [0.15, 0.2) is 0 Å². The molecule has 2 aliphatic rings. The number of ether oxygens (including phenoxy) is 2. The maximum atomic E-state index is 13.5. The Hall–Kier alpha value is -3.19. The number of hydrazone groups is 1. The number of likely N-dealkylation sites (tertiary alicyclic amines) is 1. The first-order chi connectivity index (χ1) is 16.5. The topological polar surface area (TPSA) is 71.4 Å². The lowest BCUT2D eigenvalue weighted by molar-refractivity contribution is -0.149. The minimum atomic E-state index is -0.226. The van der Waals surface area contributed by atoms with Gasteiger partial charge in [0.1, 0.15) is 5.75 Å². The van der Waals surface area contributed by atoms with Crippen LogP contribution >= 0.6 is 0 Å². The molecule has 34 heavy (non-hydrogen) atoms. The second kappa shape index (κ2) is 10.8. The standard InChI is InChI=1S/C27H33N3O4/c1-4-34-27(32)20-12-14-29(15-13-20)18-26(31)30-24(22-10-5-6-11-25(22)33-3)17-23(28-30)21-9-7-8-19(2)16-21/h5-11,16,20,24H,4,12-15,17-18H2,1-3H3/t24-/m0/s1. The largest absolute Gasteiger partial charge is 0.496 e. The molecule has 0 unspecified atom stereocenters. The lowest BCUT2D eigenvalue weighted by Crippen LogP contribution is -2.43. The number of nitrogens with zero attached hydrogens (tertiary/aromatic N) is 3. The summed E-state index contributed by atoms with van der Waals surface area (Å²) in [6.45, 7) is 5.93. The highest BCUT2D eigenvalue weighted by atomic mass is 16.5. The first-order valence-corrected chi connectivity index (χ1v) is 12.0. The zero-order chi connectivity index (χ0) is 24.1. The Morgan fingerprint density at radius 2 is 1.85 bits per heavy atom. The van der Waals surface area contributed by atoms with Crippen molar-refractivity contribution in [1.29, 1.82) is 0 Å². The van der Waals surface area contributed by atoms with Gasteiger partial charge < -0.3 is 9.47 Å². The van der Waals surface area contributed by atoms with Crippen LogP contribution in [0.5, 0.6) is 5.75 Å². The summed E-state index contributed by atoms with van der Waals surface area (Å²) in [5.74, 6) is 0.497. The summed E-state index contributed by atoms with van der Waals surface area (Å²) in [5.41, 5.74) is 4.04. The van der Waals surface area contributed by atoms with Crippen LogP contribution in [0.25, 0.3) is 0 Å². The molecule has 180 valence electrons. The zero-order valence-corrected chi connectivity index (χ0v) is 20.2. The Bertz CT molecular complexity index is 1060. The second-order valence-electron chi connectivity index (χ2n) is 8.92. The average Bonchev–Trinajstić information content (AvgIpc) is 3.30. The van der Waals surface area contributed by atoms with Crippen LogP contribution in [0.15, 0.2) is 53.6 Å². The van der Waals surface area contributed by atoms with E-state index in [0.29, 0.717) is 39.0 Å². The normalized spacial score (nSPS) is 19.1. The molecule has 0 spiro atoms. The van der Waals surface area contributed by atoms with Crippen molar-refractivity contribution >= 4 is 17.6 Å². The molecule has 0 bridgehead atoms. The Balaban J connectivity index is 1.52. The monoisotopic (exact) mass is 463 g/mol. The van der Waals surface area contributed by atoms with E-state index in [1.807, 2.05) is 43.3 Å². The third kappa shape index (κ3) is 5.30. The molecular weight excluding hydrogens is 430 g/mol. The summed E-state index contributed by atoms with van der Waals surface area (Å²) in [5, 5.41) is 6.44. The third-order valence-electron chi connectivity index (χ3n) is 6.58. The number of carbonyl (C=O) groups is 2. The van der Waals surface area contributed by atoms with Gasteiger partial charge in [0, 0.05) is 12.0 Å². The maximum absolute atomic E-state index is 13.5. The fraction of sp³-hybridized carbons (Fsp3) is 0.444. The van der Waals surface area contributed by atoms with Gasteiger partial charge in [0.25, 0.3) is 5.91 Å². The van der Waals surface area contributed by atoms with Gasteiger partial charge in [-0.2, -0.15) is 5.10 Å². The first-order valence-electron chi connectivity index (χ1n) is 12.0. The van der Waals surface area contributed by atoms with Gasteiger partial charge in [-0.25, -0.2) is 5.01 Å². The number of carbonyl (C=O) groups excluding carboxylic acids is 2. The highest BCUT2D eigenvalue weighted by Crippen LogP contribution is 2.37. The van der Waals surface area contributed by atoms with E-state index in [-0.39, 0.29) is 30.4 Å². The van der Waals surface area contributed by atoms with Crippen LogP contribution in [0.3, 0.4) is 0 Å². The van der Waals surface area contributed by atoms with Gasteiger partial charge in [-0.05, 0) is 51.4 Å². The highest BCUT2D eigenvalue weighted by molar-refractivity contribution is 6.03. The molecule has 0 N–H and O–H groups in total. The molecule has 1 amide bonds. The predicted molar refractivity (Wildman–Crippen MR) is 131 cm³/mol. The summed E-state index contributed by atoms with van der Waals surface area (Å²) in [6, 6.07) is 15.8. The van der Waals surface area contributed by atoms with Crippen molar-refractivity contribution in [1.82, 2.24) is 9.91 Å². The smallest absolute Gasteiger partial charge is 0.309 e. The second-order valence-corrected chi connectivity index (χ2v) is 8.92. The van der Waals surface area contributed by atoms with E-state index in [0.717, 1.165) is 28.2 Å². The third-order valence-corrected chi connectivity index (χ3v) is 6.58. The van der Waals surface area contributed by atoms with Gasteiger partial charge in [-0.1, -0.05) is 48.0 Å². The Kier molecular flexibility index (Phi) is 7.63. The van der Waals surface area contributed by atoms with E-state index in [4.69, 9.17) is 14.6 Å². The van der Waals surface area contributed by atoms with E-state index in [1.54, 1.807) is 12.1 Å². The van der Waals surface area contributed by atoms with E-state index in [2.05, 4.69) is 24.0 Å². The van der Waals surface area contributed by atoms with Crippen LogP contribution in [0.1, 0.15) is 48.9 Å². The van der Waals surface area contributed by atoms with Crippen molar-refractivity contribution in [2.75, 3.05) is 33.4 Å². The van der Waals surface area contributed by atoms with E-state index < -0.39 is 0 Å². The lowest BCUT2D eigenvalue weighted by Gasteiger charge is -2.32. The molecule has 1 saturated heterocycles. The molecule has 7 nitrogen and oxygen atoms in total. The minimum absolute atomic E-state index is 0.0480. The number of aryl methyl sites for hydroxylation is 1. The number of piperidine rings is 1. The molecule has 0 aromatic heterocycles. The number of hydrogen-bond acceptors (Lipinski definition) is 6. The van der Waals surface area contributed by atoms with Gasteiger partial charge in [-0.3, -0.25) is 14.5 Å². The van der Waals surface area contributed by atoms with Gasteiger partial charge in [-0.15, -0.1) is 0 Å². The Morgan fingerprint density at radius 1 is 1.09 bits per heavy atom. The number of methoxy groups -OCH3 is 1. The van der Waals surface area contributed by atoms with Crippen LogP contribution in [0, 0.1) is 12.8 Å². The summed E-state index contributed by atoms with van der Waals surface area (Å²) in [7, 11) is 1.65. The van der Waals surface area contributed by atoms with Crippen molar-refractivity contribution in [2.24, 2.45) is 11.0 Å². The molecule has 2 aromatic rings. The Labute approximate surface area is 201 Å². The zero-order valence-electron chi connectivity index (χ0n) is 20.2. The maximum Gasteiger partial charge on any atom is 0.309 e. The predicted octanol–water partition coefficient (Wildman–Crippen LogP) is 3.96. The Morgan fingerprint density at radius 3 is 2.56 bits per heavy atom. The molecule has 1 fully saturated rings. The molecule has 0 aliphatic carbocycles. The number of para-hydroxylation sites is 1. The first kappa shape index (κ1) is 24.0. The van der Waals surface area contributed by atoms with Gasteiger partial charge >= 0.3 is 5.97 Å². The van der Waals surface area contributed by atoms with Crippen molar-refractivity contribution in [3.63, 3.8) is 0 Å². The summed E-state index contributed by atoms with van der Waals surface area (Å²) in [6.07, 6.45) is 2.04. The van der Waals surface area contributed by atoms with E-state index in [1.165, 1.54) is 0 Å². The summed E-state index contributed by atoms with van der Waals surface area (Å²) < 4.78 is 10.8. The quantitative estimate of drug-likeness (QED) is 0.582. The number of esters is 1. The fourth-order valence-corrected chi connectivity index (χ4v) is 4.77. The molecule has 7 heteroatoms. The number of rotatable bonds is 7. The van der Waals surface area contributed by atoms with Crippen LogP contribution in [-0.2, 0) is 14.3 Å². The molecule has 1 atom stereocenters. The van der Waals surface area contributed by atoms with Crippen LogP contribution in [-0.4, -0.2) is 60.8 Å². The van der Waals surface area contributed by atoms with Gasteiger partial charge in [0.05, 0.1) is 37.9 Å². The summed E-state index contributed by atoms with van der Waals surface area (Å²) in [4.78, 5) is 27.7. The van der Waals surface area contributed by atoms with Crippen LogP contribution in [0.4, 0.5) is 0 Å². The lowest BCUT2D eigenvalue weighted by atomic mass is 9.96. The van der Waals surface area contributed by atoms with Crippen LogP contribution < -0.4 is 4.74 Å². The highest BCUT2D eigenvalue weighted by Gasteiger charge is 2.36. The van der Waals surface area contributed by atoms with Crippen molar-refractivity contribution in [3.05, 3.63) is 65.2 Å². The SMILES string of the molecule is CCOC(=O)C1CCN(CC(=O)N2N=C(c3cccc(C)c3)C[C@H]2c2ccccc2OC)CC1. The number of amides is 1.